The minimum absolute atomic E-state index is 0.0678. The first-order chi connectivity index (χ1) is 23.2. The quantitative estimate of drug-likeness (QED) is 0.136. The number of aliphatic hydroxyl groups is 1. The van der Waals surface area contributed by atoms with Gasteiger partial charge in [-0.15, -0.1) is 0 Å². The number of nitrogens with zero attached hydrogens (tertiary/aromatic N) is 2. The molecule has 2 aliphatic rings. The topological polar surface area (TPSA) is 123 Å². The lowest BCUT2D eigenvalue weighted by molar-refractivity contribution is -0.386. The summed E-state index contributed by atoms with van der Waals surface area (Å²) in [7, 11) is 0. The average Bonchev–Trinajstić information content (AvgIpc) is 3.90. The molecule has 0 radical (unpaired) electrons. The summed E-state index contributed by atoms with van der Waals surface area (Å²) in [5.74, 6) is 0. The van der Waals surface area contributed by atoms with Gasteiger partial charge < -0.3 is 20.1 Å². The minimum atomic E-state index is -1.89. The van der Waals surface area contributed by atoms with Gasteiger partial charge in [0.25, 0.3) is 5.69 Å². The van der Waals surface area contributed by atoms with Crippen LogP contribution in [0.2, 0.25) is 0 Å². The van der Waals surface area contributed by atoms with E-state index >= 15 is 0 Å². The van der Waals surface area contributed by atoms with Crippen LogP contribution in [0.4, 0.5) is 5.69 Å². The van der Waals surface area contributed by atoms with Gasteiger partial charge in [-0.25, -0.2) is 0 Å². The van der Waals surface area contributed by atoms with Gasteiger partial charge >= 0.3 is 0 Å². The zero-order valence-electron chi connectivity index (χ0n) is 26.7. The van der Waals surface area contributed by atoms with E-state index < -0.39 is 16.6 Å². The summed E-state index contributed by atoms with van der Waals surface area (Å²) in [6.07, 6.45) is 3.74. The van der Waals surface area contributed by atoms with Gasteiger partial charge in [0.05, 0.1) is 22.0 Å². The van der Waals surface area contributed by atoms with Crippen molar-refractivity contribution in [2.45, 2.75) is 32.4 Å². The third kappa shape index (κ3) is 4.77. The van der Waals surface area contributed by atoms with Gasteiger partial charge in [0.1, 0.15) is 11.7 Å². The number of rotatable bonds is 4. The minimum Gasteiger partial charge on any atom is -0.376 e. The van der Waals surface area contributed by atoms with Gasteiger partial charge in [0.15, 0.2) is 5.60 Å². The maximum Gasteiger partial charge on any atom is 0.294 e. The predicted octanol–water partition coefficient (Wildman–Crippen LogP) is 6.25. The lowest BCUT2D eigenvalue weighted by Crippen LogP contribution is -2.39. The summed E-state index contributed by atoms with van der Waals surface area (Å²) in [5.41, 5.74) is 8.14. The van der Waals surface area contributed by atoms with E-state index in [4.69, 9.17) is 4.99 Å². The zero-order chi connectivity index (χ0) is 33.2. The normalized spacial score (nSPS) is 20.7. The molecule has 6 aromatic rings. The lowest BCUT2D eigenvalue weighted by Gasteiger charge is -2.31. The molecule has 4 N–H and O–H groups in total. The number of hydrogen-bond acceptors (Lipinski definition) is 4. The molecule has 3 aromatic heterocycles. The Balaban J connectivity index is 1.49. The number of nitrogens with one attached hydrogen (secondary N) is 3. The second-order valence-electron chi connectivity index (χ2n) is 12.7. The van der Waals surface area contributed by atoms with Crippen LogP contribution in [0.25, 0.3) is 22.5 Å². The Hall–Kier alpha value is -5.99. The Morgan fingerprint density at radius 3 is 1.88 bits per heavy atom. The molecule has 48 heavy (non-hydrogen) atoms. The van der Waals surface area contributed by atoms with Crippen LogP contribution >= 0.6 is 0 Å². The summed E-state index contributed by atoms with van der Waals surface area (Å²) >= 11 is 0. The third-order valence-electron chi connectivity index (χ3n) is 9.42. The van der Waals surface area contributed by atoms with Crippen molar-refractivity contribution in [3.05, 3.63) is 181 Å². The van der Waals surface area contributed by atoms with Gasteiger partial charge in [-0.2, -0.15) is 0 Å². The van der Waals surface area contributed by atoms with Gasteiger partial charge in [-0.1, -0.05) is 95.6 Å². The first-order valence-electron chi connectivity index (χ1n) is 15.9. The smallest absolute Gasteiger partial charge is 0.294 e. The molecule has 0 fully saturated rings. The van der Waals surface area contributed by atoms with Crippen molar-refractivity contribution in [1.82, 2.24) is 15.0 Å². The van der Waals surface area contributed by atoms with Crippen LogP contribution in [-0.4, -0.2) is 36.7 Å². The molecule has 8 bridgehead atoms. The van der Waals surface area contributed by atoms with E-state index in [1.807, 2.05) is 62.4 Å². The lowest BCUT2D eigenvalue weighted by atomic mass is 9.83. The highest BCUT2D eigenvalue weighted by atomic mass is 16.6. The standard InChI is InChI=1S/C40H33N5O3/c1-23-4-10-26(11-5-23)37-30-17-16-29(41-30)34-22-35(45(47)48)39(44-34)40(46,28-14-8-25(3)9-15-28)36-21-20-33(43-36)38(32-19-18-31(37)42-32)27-12-6-24(2)7-13-27/h4-22,36,41-42,44,46H,1-3H3/b37-31-,38-32-. The summed E-state index contributed by atoms with van der Waals surface area (Å²) in [5, 5.41) is 27.3. The molecule has 2 unspecified atom stereocenters. The molecule has 236 valence electrons. The number of allylic oxidation sites excluding steroid dienone is 1. The fraction of sp³-hybridized carbons (Fsp3) is 0.125. The predicted molar refractivity (Wildman–Crippen MR) is 188 cm³/mol. The van der Waals surface area contributed by atoms with Crippen LogP contribution in [-0.2, 0) is 5.60 Å². The number of fused-ring (bicyclic) bond motifs is 8. The average molecular weight is 632 g/mol. The second kappa shape index (κ2) is 11.1. The summed E-state index contributed by atoms with van der Waals surface area (Å²) in [4.78, 5) is 27.8. The first kappa shape index (κ1) is 29.4. The van der Waals surface area contributed by atoms with Gasteiger partial charge in [-0.3, -0.25) is 15.1 Å². The molecule has 0 saturated heterocycles. The Labute approximate surface area is 276 Å². The van der Waals surface area contributed by atoms with Gasteiger partial charge in [0.2, 0.25) is 0 Å². The molecule has 2 aliphatic heterocycles. The number of hydrogen-bond donors (Lipinski definition) is 4. The van der Waals surface area contributed by atoms with Crippen molar-refractivity contribution in [1.29, 1.82) is 0 Å². The van der Waals surface area contributed by atoms with Gasteiger partial charge in [0, 0.05) is 33.6 Å². The van der Waals surface area contributed by atoms with Crippen LogP contribution in [0.3, 0.4) is 0 Å². The zero-order valence-corrected chi connectivity index (χ0v) is 26.7. The van der Waals surface area contributed by atoms with Crippen molar-refractivity contribution in [3.8, 4) is 11.4 Å². The Kier molecular flexibility index (Phi) is 6.78. The number of aromatic amines is 3. The Bertz CT molecular complexity index is 2410. The number of aromatic nitrogens is 3. The van der Waals surface area contributed by atoms with E-state index in [-0.39, 0.29) is 11.4 Å². The van der Waals surface area contributed by atoms with E-state index in [1.54, 1.807) is 0 Å². The molecule has 0 saturated carbocycles. The summed E-state index contributed by atoms with van der Waals surface area (Å²) in [6.45, 7) is 6.07. The number of nitro groups is 1. The number of H-pyrrole nitrogens is 3. The van der Waals surface area contributed by atoms with Gasteiger partial charge in [-0.05, 0) is 67.8 Å². The van der Waals surface area contributed by atoms with Crippen molar-refractivity contribution in [2.24, 2.45) is 4.99 Å². The van der Waals surface area contributed by atoms with Crippen LogP contribution in [0.1, 0.15) is 44.8 Å². The maximum atomic E-state index is 12.9. The van der Waals surface area contributed by atoms with E-state index in [2.05, 4.69) is 82.5 Å². The van der Waals surface area contributed by atoms with E-state index in [9.17, 15) is 15.2 Å². The number of aliphatic imine (C=N–C) groups is 1. The number of benzene rings is 3. The molecule has 8 nitrogen and oxygen atoms in total. The highest BCUT2D eigenvalue weighted by Crippen LogP contribution is 2.43. The monoisotopic (exact) mass is 631 g/mol. The van der Waals surface area contributed by atoms with E-state index in [1.165, 1.54) is 6.07 Å². The van der Waals surface area contributed by atoms with E-state index in [0.29, 0.717) is 22.7 Å². The van der Waals surface area contributed by atoms with Crippen LogP contribution in [0, 0.1) is 30.9 Å². The largest absolute Gasteiger partial charge is 0.376 e. The maximum absolute atomic E-state index is 12.9. The van der Waals surface area contributed by atoms with E-state index in [0.717, 1.165) is 55.4 Å². The fourth-order valence-corrected chi connectivity index (χ4v) is 6.82. The van der Waals surface area contributed by atoms with Crippen molar-refractivity contribution in [2.75, 3.05) is 0 Å². The first-order valence-corrected chi connectivity index (χ1v) is 15.9. The van der Waals surface area contributed by atoms with Crippen LogP contribution in [0.15, 0.2) is 120 Å². The summed E-state index contributed by atoms with van der Waals surface area (Å²) in [6, 6.07) is 32.7. The molecule has 8 rings (SSSR count). The molecule has 0 amide bonds. The molecular weight excluding hydrogens is 598 g/mol. The highest BCUT2D eigenvalue weighted by molar-refractivity contribution is 6.29. The second-order valence-corrected chi connectivity index (χ2v) is 12.7. The summed E-state index contributed by atoms with van der Waals surface area (Å²) < 4.78 is 0. The molecule has 0 spiro atoms. The van der Waals surface area contributed by atoms with Crippen LogP contribution in [0.5, 0.6) is 0 Å². The fourth-order valence-electron chi connectivity index (χ4n) is 6.82. The van der Waals surface area contributed by atoms with Crippen molar-refractivity contribution < 1.29 is 10.0 Å². The Morgan fingerprint density at radius 2 is 1.25 bits per heavy atom. The molecule has 5 heterocycles. The third-order valence-corrected chi connectivity index (χ3v) is 9.42. The van der Waals surface area contributed by atoms with Crippen molar-refractivity contribution in [3.63, 3.8) is 0 Å². The molecular formula is C40H33N5O3. The van der Waals surface area contributed by atoms with Crippen LogP contribution < -0.4 is 10.7 Å². The van der Waals surface area contributed by atoms with Crippen molar-refractivity contribution >= 4 is 22.5 Å². The molecule has 2 atom stereocenters. The highest BCUT2D eigenvalue weighted by Gasteiger charge is 2.47. The molecule has 0 aliphatic carbocycles. The molecule has 3 aromatic carbocycles. The SMILES string of the molecule is Cc1ccc(/C2=c3\cc/c([nH]3)=C(\c3ccc(C)cc3)c3ccc([nH]3)-c3cc([N+](=O)[O-])c([nH]3)C(O)(c3ccc(C)cc3)C3C=CC2=N3)cc1. The molecule has 8 heteroatoms. The number of aryl methyl sites for hydroxylation is 3. The Morgan fingerprint density at radius 1 is 0.688 bits per heavy atom.